The Hall–Kier alpha value is -0.0400. The summed E-state index contributed by atoms with van der Waals surface area (Å²) >= 11 is 0. The number of ether oxygens (including phenoxy) is 1. The number of epoxide rings is 1. The minimum absolute atomic E-state index is 0.374. The highest BCUT2D eigenvalue weighted by atomic mass is 16.6. The summed E-state index contributed by atoms with van der Waals surface area (Å²) in [4.78, 5) is 0. The number of rotatable bonds is 1. The third-order valence-electron chi connectivity index (χ3n) is 4.91. The Labute approximate surface area is 87.2 Å². The van der Waals surface area contributed by atoms with Crippen LogP contribution in [0.5, 0.6) is 0 Å². The van der Waals surface area contributed by atoms with E-state index < -0.39 is 0 Å². The number of fused-ring (bicyclic) bond motifs is 1. The molecule has 3 atom stereocenters. The zero-order valence-electron chi connectivity index (χ0n) is 9.30. The lowest BCUT2D eigenvalue weighted by molar-refractivity contribution is 0.115. The first-order valence-electron chi connectivity index (χ1n) is 6.52. The van der Waals surface area contributed by atoms with E-state index in [1.807, 2.05) is 0 Å². The molecule has 3 rings (SSSR count). The monoisotopic (exact) mass is 194 g/mol. The molecular formula is C13H22O. The van der Waals surface area contributed by atoms with Crippen molar-refractivity contribution >= 4 is 0 Å². The maximum Gasteiger partial charge on any atom is 0.100 e. The highest BCUT2D eigenvalue weighted by Gasteiger charge is 2.64. The third kappa shape index (κ3) is 1.18. The van der Waals surface area contributed by atoms with Gasteiger partial charge < -0.3 is 4.74 Å². The molecule has 1 nitrogen and oxygen atoms in total. The topological polar surface area (TPSA) is 12.5 Å². The predicted molar refractivity (Wildman–Crippen MR) is 57.2 cm³/mol. The lowest BCUT2D eigenvalue weighted by Crippen LogP contribution is -2.37. The Balaban J connectivity index is 1.75. The van der Waals surface area contributed by atoms with Crippen LogP contribution in [0.15, 0.2) is 0 Å². The molecule has 0 aromatic heterocycles. The number of hydrogen-bond donors (Lipinski definition) is 0. The van der Waals surface area contributed by atoms with Crippen molar-refractivity contribution < 1.29 is 4.74 Å². The van der Waals surface area contributed by atoms with Crippen LogP contribution < -0.4 is 0 Å². The molecule has 1 saturated heterocycles. The Kier molecular flexibility index (Phi) is 2.12. The fraction of sp³-hybridized carbons (Fsp3) is 1.00. The molecule has 0 amide bonds. The van der Waals surface area contributed by atoms with Gasteiger partial charge in [0.05, 0.1) is 6.10 Å². The Morgan fingerprint density at radius 2 is 1.71 bits per heavy atom. The molecule has 3 unspecified atom stereocenters. The van der Waals surface area contributed by atoms with Gasteiger partial charge in [0.15, 0.2) is 0 Å². The van der Waals surface area contributed by atoms with Gasteiger partial charge in [0.2, 0.25) is 0 Å². The first-order valence-corrected chi connectivity index (χ1v) is 6.52. The summed E-state index contributed by atoms with van der Waals surface area (Å²) in [6, 6.07) is 0. The standard InChI is InChI=1S/C13H22O/c1-10-6-5-9-12-13(10,14-12)11-7-3-2-4-8-11/h10-12H,2-9H2,1H3. The summed E-state index contributed by atoms with van der Waals surface area (Å²) < 4.78 is 6.12. The van der Waals surface area contributed by atoms with Gasteiger partial charge >= 0.3 is 0 Å². The SMILES string of the molecule is CC1CCCC2OC12C1CCCCC1. The Morgan fingerprint density at radius 3 is 2.43 bits per heavy atom. The summed E-state index contributed by atoms with van der Waals surface area (Å²) in [5.41, 5.74) is 0.374. The molecule has 3 aliphatic rings. The van der Waals surface area contributed by atoms with Gasteiger partial charge in [0, 0.05) is 0 Å². The Morgan fingerprint density at radius 1 is 0.929 bits per heavy atom. The molecule has 2 saturated carbocycles. The van der Waals surface area contributed by atoms with E-state index in [-0.39, 0.29) is 0 Å². The van der Waals surface area contributed by atoms with Crippen molar-refractivity contribution in [2.45, 2.75) is 70.0 Å². The smallest absolute Gasteiger partial charge is 0.100 e. The molecule has 1 aliphatic heterocycles. The normalized spacial score (nSPS) is 48.6. The Bertz CT molecular complexity index is 219. The first-order chi connectivity index (χ1) is 6.84. The van der Waals surface area contributed by atoms with Gasteiger partial charge in [-0.1, -0.05) is 32.6 Å². The van der Waals surface area contributed by atoms with E-state index in [0.717, 1.165) is 11.8 Å². The molecular weight excluding hydrogens is 172 g/mol. The van der Waals surface area contributed by atoms with Gasteiger partial charge in [-0.15, -0.1) is 0 Å². The lowest BCUT2D eigenvalue weighted by Gasteiger charge is -2.34. The molecule has 0 aromatic carbocycles. The summed E-state index contributed by atoms with van der Waals surface area (Å²) in [5.74, 6) is 1.75. The first kappa shape index (κ1) is 9.21. The van der Waals surface area contributed by atoms with Gasteiger partial charge in [-0.3, -0.25) is 0 Å². The maximum atomic E-state index is 6.12. The molecule has 0 radical (unpaired) electrons. The van der Waals surface area contributed by atoms with Crippen molar-refractivity contribution in [3.05, 3.63) is 0 Å². The second-order valence-corrected chi connectivity index (χ2v) is 5.63. The van der Waals surface area contributed by atoms with Gasteiger partial charge in [0.25, 0.3) is 0 Å². The van der Waals surface area contributed by atoms with Crippen LogP contribution in [0.1, 0.15) is 58.3 Å². The molecule has 80 valence electrons. The van der Waals surface area contributed by atoms with Gasteiger partial charge in [-0.25, -0.2) is 0 Å². The van der Waals surface area contributed by atoms with Crippen molar-refractivity contribution in [2.75, 3.05) is 0 Å². The minimum atomic E-state index is 0.374. The molecule has 0 N–H and O–H groups in total. The van der Waals surface area contributed by atoms with Crippen molar-refractivity contribution in [2.24, 2.45) is 11.8 Å². The molecule has 2 aliphatic carbocycles. The second-order valence-electron chi connectivity index (χ2n) is 5.63. The largest absolute Gasteiger partial charge is 0.365 e. The van der Waals surface area contributed by atoms with Crippen LogP contribution >= 0.6 is 0 Å². The quantitative estimate of drug-likeness (QED) is 0.582. The van der Waals surface area contributed by atoms with E-state index in [0.29, 0.717) is 11.7 Å². The second kappa shape index (κ2) is 3.23. The van der Waals surface area contributed by atoms with Crippen LogP contribution in [-0.4, -0.2) is 11.7 Å². The average molecular weight is 194 g/mol. The van der Waals surface area contributed by atoms with Crippen LogP contribution in [0.4, 0.5) is 0 Å². The van der Waals surface area contributed by atoms with Crippen molar-refractivity contribution in [1.82, 2.24) is 0 Å². The van der Waals surface area contributed by atoms with Crippen molar-refractivity contribution in [1.29, 1.82) is 0 Å². The average Bonchev–Trinajstić information content (AvgIpc) is 2.96. The minimum Gasteiger partial charge on any atom is -0.365 e. The zero-order chi connectivity index (χ0) is 9.60. The summed E-state index contributed by atoms with van der Waals surface area (Å²) in [7, 11) is 0. The highest BCUT2D eigenvalue weighted by Crippen LogP contribution is 2.58. The zero-order valence-corrected chi connectivity index (χ0v) is 9.30. The predicted octanol–water partition coefficient (Wildman–Crippen LogP) is 3.52. The van der Waals surface area contributed by atoms with Crippen LogP contribution in [0.25, 0.3) is 0 Å². The molecule has 1 heterocycles. The maximum absolute atomic E-state index is 6.12. The molecule has 0 spiro atoms. The fourth-order valence-electron chi connectivity index (χ4n) is 4.08. The van der Waals surface area contributed by atoms with Crippen LogP contribution in [0, 0.1) is 11.8 Å². The van der Waals surface area contributed by atoms with Crippen molar-refractivity contribution in [3.63, 3.8) is 0 Å². The van der Waals surface area contributed by atoms with Crippen LogP contribution in [0.3, 0.4) is 0 Å². The summed E-state index contributed by atoms with van der Waals surface area (Å²) in [6.07, 6.45) is 12.1. The van der Waals surface area contributed by atoms with Gasteiger partial charge in [0.1, 0.15) is 5.60 Å². The lowest BCUT2D eigenvalue weighted by atomic mass is 9.68. The molecule has 14 heavy (non-hydrogen) atoms. The van der Waals surface area contributed by atoms with E-state index in [4.69, 9.17) is 4.74 Å². The molecule has 3 fully saturated rings. The van der Waals surface area contributed by atoms with Gasteiger partial charge in [-0.05, 0) is 37.5 Å². The fourth-order valence-corrected chi connectivity index (χ4v) is 4.08. The summed E-state index contributed by atoms with van der Waals surface area (Å²) in [6.45, 7) is 2.42. The van der Waals surface area contributed by atoms with E-state index in [1.165, 1.54) is 51.4 Å². The molecule has 1 heteroatoms. The molecule has 0 aromatic rings. The van der Waals surface area contributed by atoms with Crippen molar-refractivity contribution in [3.8, 4) is 0 Å². The third-order valence-corrected chi connectivity index (χ3v) is 4.91. The van der Waals surface area contributed by atoms with E-state index >= 15 is 0 Å². The highest BCUT2D eigenvalue weighted by molar-refractivity contribution is 5.12. The van der Waals surface area contributed by atoms with E-state index in [2.05, 4.69) is 6.92 Å². The van der Waals surface area contributed by atoms with Crippen LogP contribution in [0.2, 0.25) is 0 Å². The van der Waals surface area contributed by atoms with Crippen LogP contribution in [-0.2, 0) is 4.74 Å². The summed E-state index contributed by atoms with van der Waals surface area (Å²) in [5, 5.41) is 0. The van der Waals surface area contributed by atoms with Gasteiger partial charge in [-0.2, -0.15) is 0 Å². The number of hydrogen-bond acceptors (Lipinski definition) is 1. The molecule has 0 bridgehead atoms. The van der Waals surface area contributed by atoms with E-state index in [9.17, 15) is 0 Å². The van der Waals surface area contributed by atoms with E-state index in [1.54, 1.807) is 0 Å².